The van der Waals surface area contributed by atoms with Crippen molar-refractivity contribution in [3.8, 4) is 0 Å². The first kappa shape index (κ1) is 10.6. The average Bonchev–Trinajstić information content (AvgIpc) is 2.61. The van der Waals surface area contributed by atoms with Crippen LogP contribution in [0.3, 0.4) is 0 Å². The van der Waals surface area contributed by atoms with Gasteiger partial charge in [-0.2, -0.15) is 0 Å². The summed E-state index contributed by atoms with van der Waals surface area (Å²) in [6.45, 7) is 2.95. The van der Waals surface area contributed by atoms with Crippen molar-refractivity contribution < 1.29 is 9.84 Å². The van der Waals surface area contributed by atoms with Gasteiger partial charge in [0.15, 0.2) is 0 Å². The van der Waals surface area contributed by atoms with Gasteiger partial charge in [0.2, 0.25) is 0 Å². The molecule has 0 fully saturated rings. The minimum absolute atomic E-state index is 0.0337. The van der Waals surface area contributed by atoms with Crippen LogP contribution < -0.4 is 5.32 Å². The molecule has 0 saturated heterocycles. The van der Waals surface area contributed by atoms with Crippen molar-refractivity contribution in [1.82, 2.24) is 5.32 Å². The number of ether oxygens (including phenoxy) is 1. The smallest absolute Gasteiger partial charge is 0.105 e. The fourth-order valence-corrected chi connectivity index (χ4v) is 2.23. The molecule has 2 rings (SSSR count). The highest BCUT2D eigenvalue weighted by Gasteiger charge is 2.37. The SMILES string of the molecule is COCC(C)(O)C1NCc2ccccc21. The van der Waals surface area contributed by atoms with E-state index in [9.17, 15) is 5.11 Å². The van der Waals surface area contributed by atoms with Crippen LogP contribution in [0, 0.1) is 0 Å². The Bertz CT molecular complexity index is 349. The van der Waals surface area contributed by atoms with Gasteiger partial charge in [0.25, 0.3) is 0 Å². The quantitative estimate of drug-likeness (QED) is 0.783. The number of hydrogen-bond acceptors (Lipinski definition) is 3. The Labute approximate surface area is 90.1 Å². The largest absolute Gasteiger partial charge is 0.386 e. The summed E-state index contributed by atoms with van der Waals surface area (Å²) in [5.41, 5.74) is 1.58. The molecule has 0 radical (unpaired) electrons. The Morgan fingerprint density at radius 2 is 2.27 bits per heavy atom. The Hall–Kier alpha value is -0.900. The van der Waals surface area contributed by atoms with Crippen LogP contribution in [0.5, 0.6) is 0 Å². The zero-order valence-corrected chi connectivity index (χ0v) is 9.16. The lowest BCUT2D eigenvalue weighted by Gasteiger charge is -2.30. The molecule has 2 atom stereocenters. The van der Waals surface area contributed by atoms with Crippen molar-refractivity contribution in [2.75, 3.05) is 13.7 Å². The summed E-state index contributed by atoms with van der Waals surface area (Å²) >= 11 is 0. The van der Waals surface area contributed by atoms with Gasteiger partial charge in [-0.1, -0.05) is 24.3 Å². The molecule has 2 unspecified atom stereocenters. The van der Waals surface area contributed by atoms with Crippen LogP contribution in [0.2, 0.25) is 0 Å². The van der Waals surface area contributed by atoms with Crippen LogP contribution in [0.25, 0.3) is 0 Å². The van der Waals surface area contributed by atoms with E-state index in [-0.39, 0.29) is 6.04 Å². The Balaban J connectivity index is 2.27. The molecule has 0 aromatic heterocycles. The Morgan fingerprint density at radius 1 is 1.53 bits per heavy atom. The number of hydrogen-bond donors (Lipinski definition) is 2. The summed E-state index contributed by atoms with van der Waals surface area (Å²) in [5.74, 6) is 0. The third kappa shape index (κ3) is 1.91. The lowest BCUT2D eigenvalue weighted by molar-refractivity contribution is -0.0427. The number of methoxy groups -OCH3 is 1. The van der Waals surface area contributed by atoms with E-state index in [0.29, 0.717) is 6.61 Å². The predicted octanol–water partition coefficient (Wildman–Crippen LogP) is 1.23. The van der Waals surface area contributed by atoms with Crippen LogP contribution in [0.4, 0.5) is 0 Å². The van der Waals surface area contributed by atoms with Crippen molar-refractivity contribution >= 4 is 0 Å². The minimum atomic E-state index is -0.860. The maximum Gasteiger partial charge on any atom is 0.105 e. The molecule has 0 saturated carbocycles. The molecule has 3 heteroatoms. The van der Waals surface area contributed by atoms with Gasteiger partial charge in [-0.25, -0.2) is 0 Å². The molecular weight excluding hydrogens is 190 g/mol. The molecule has 0 spiro atoms. The third-order valence-electron chi connectivity index (χ3n) is 2.92. The van der Waals surface area contributed by atoms with Gasteiger partial charge >= 0.3 is 0 Å². The second kappa shape index (κ2) is 3.93. The second-order valence-corrected chi connectivity index (χ2v) is 4.30. The van der Waals surface area contributed by atoms with E-state index in [4.69, 9.17) is 4.74 Å². The van der Waals surface area contributed by atoms with Gasteiger partial charge in [-0.3, -0.25) is 0 Å². The molecule has 3 nitrogen and oxygen atoms in total. The first-order valence-electron chi connectivity index (χ1n) is 5.17. The van der Waals surface area contributed by atoms with Crippen LogP contribution in [0.15, 0.2) is 24.3 Å². The van der Waals surface area contributed by atoms with Gasteiger partial charge < -0.3 is 15.2 Å². The van der Waals surface area contributed by atoms with Crippen molar-refractivity contribution in [3.63, 3.8) is 0 Å². The van der Waals surface area contributed by atoms with Crippen molar-refractivity contribution in [2.45, 2.75) is 25.1 Å². The highest BCUT2D eigenvalue weighted by Crippen LogP contribution is 2.33. The monoisotopic (exact) mass is 207 g/mol. The molecule has 1 heterocycles. The number of rotatable bonds is 3. The molecule has 1 aliphatic heterocycles. The average molecular weight is 207 g/mol. The van der Waals surface area contributed by atoms with Crippen molar-refractivity contribution in [1.29, 1.82) is 0 Å². The summed E-state index contributed by atoms with van der Waals surface area (Å²) in [4.78, 5) is 0. The van der Waals surface area contributed by atoms with Gasteiger partial charge in [0.05, 0.1) is 12.6 Å². The van der Waals surface area contributed by atoms with Crippen LogP contribution in [-0.2, 0) is 11.3 Å². The van der Waals surface area contributed by atoms with E-state index in [2.05, 4.69) is 17.4 Å². The van der Waals surface area contributed by atoms with Gasteiger partial charge in [-0.05, 0) is 18.1 Å². The van der Waals surface area contributed by atoms with E-state index < -0.39 is 5.60 Å². The zero-order valence-electron chi connectivity index (χ0n) is 9.16. The molecule has 2 N–H and O–H groups in total. The van der Waals surface area contributed by atoms with Gasteiger partial charge in [0, 0.05) is 13.7 Å². The van der Waals surface area contributed by atoms with Gasteiger partial charge in [-0.15, -0.1) is 0 Å². The molecule has 0 bridgehead atoms. The fraction of sp³-hybridized carbons (Fsp3) is 0.500. The molecule has 1 aromatic carbocycles. The lowest BCUT2D eigenvalue weighted by Crippen LogP contribution is -2.42. The number of fused-ring (bicyclic) bond motifs is 1. The molecular formula is C12H17NO2. The Kier molecular flexibility index (Phi) is 2.78. The topological polar surface area (TPSA) is 41.5 Å². The number of aliphatic hydroxyl groups is 1. The molecule has 0 aliphatic carbocycles. The molecule has 1 aliphatic rings. The summed E-state index contributed by atoms with van der Waals surface area (Å²) < 4.78 is 5.04. The summed E-state index contributed by atoms with van der Waals surface area (Å²) in [6.07, 6.45) is 0. The maximum atomic E-state index is 10.3. The second-order valence-electron chi connectivity index (χ2n) is 4.30. The van der Waals surface area contributed by atoms with E-state index >= 15 is 0 Å². The van der Waals surface area contributed by atoms with E-state index in [1.54, 1.807) is 14.0 Å². The van der Waals surface area contributed by atoms with Crippen molar-refractivity contribution in [3.05, 3.63) is 35.4 Å². The summed E-state index contributed by atoms with van der Waals surface area (Å²) in [5, 5.41) is 13.6. The zero-order chi connectivity index (χ0) is 10.9. The summed E-state index contributed by atoms with van der Waals surface area (Å²) in [6, 6.07) is 8.14. The lowest BCUT2D eigenvalue weighted by atomic mass is 9.91. The first-order chi connectivity index (χ1) is 7.15. The van der Waals surface area contributed by atoms with Crippen LogP contribution >= 0.6 is 0 Å². The Morgan fingerprint density at radius 3 is 3.00 bits per heavy atom. The highest BCUT2D eigenvalue weighted by atomic mass is 16.5. The normalized spacial score (nSPS) is 23.5. The maximum absolute atomic E-state index is 10.3. The highest BCUT2D eigenvalue weighted by molar-refractivity contribution is 5.35. The fourth-order valence-electron chi connectivity index (χ4n) is 2.23. The van der Waals surface area contributed by atoms with Gasteiger partial charge in [0.1, 0.15) is 5.60 Å². The molecule has 82 valence electrons. The van der Waals surface area contributed by atoms with E-state index in [1.165, 1.54) is 11.1 Å². The third-order valence-corrected chi connectivity index (χ3v) is 2.92. The predicted molar refractivity (Wildman–Crippen MR) is 58.5 cm³/mol. The molecule has 0 amide bonds. The first-order valence-corrected chi connectivity index (χ1v) is 5.17. The summed E-state index contributed by atoms with van der Waals surface area (Å²) in [7, 11) is 1.61. The van der Waals surface area contributed by atoms with E-state index in [1.807, 2.05) is 12.1 Å². The van der Waals surface area contributed by atoms with E-state index in [0.717, 1.165) is 6.54 Å². The number of benzene rings is 1. The standard InChI is InChI=1S/C12H17NO2/c1-12(14,8-15-2)11-10-6-4-3-5-9(10)7-13-11/h3-6,11,13-14H,7-8H2,1-2H3. The van der Waals surface area contributed by atoms with Crippen LogP contribution in [0.1, 0.15) is 24.1 Å². The number of nitrogens with one attached hydrogen (secondary N) is 1. The van der Waals surface area contributed by atoms with Crippen LogP contribution in [-0.4, -0.2) is 24.4 Å². The minimum Gasteiger partial charge on any atom is -0.386 e. The molecule has 15 heavy (non-hydrogen) atoms. The van der Waals surface area contributed by atoms with Crippen molar-refractivity contribution in [2.24, 2.45) is 0 Å². The molecule has 1 aromatic rings.